The lowest BCUT2D eigenvalue weighted by atomic mass is 9.90. The first kappa shape index (κ1) is 28.3. The van der Waals surface area contributed by atoms with Crippen LogP contribution in [-0.4, -0.2) is 49.9 Å². The van der Waals surface area contributed by atoms with E-state index in [2.05, 4.69) is 15.6 Å². The second kappa shape index (κ2) is 13.2. The van der Waals surface area contributed by atoms with Gasteiger partial charge in [-0.25, -0.2) is 10.5 Å². The van der Waals surface area contributed by atoms with Crippen molar-refractivity contribution in [3.05, 3.63) is 60.3 Å². The number of nitrogens with zero attached hydrogens (tertiary/aromatic N) is 1. The Kier molecular flexibility index (Phi) is 10.7. The Morgan fingerprint density at radius 2 is 1.66 bits per heavy atom. The number of carbonyl (C=O) groups is 3. The largest absolute Gasteiger partial charge is 0.382 e. The van der Waals surface area contributed by atoms with Gasteiger partial charge < -0.3 is 15.7 Å². The Morgan fingerprint density at radius 3 is 2.23 bits per heavy atom. The molecule has 1 heterocycles. The molecule has 35 heavy (non-hydrogen) atoms. The molecule has 0 spiro atoms. The van der Waals surface area contributed by atoms with E-state index in [-0.39, 0.29) is 12.3 Å². The number of aliphatic hydroxyl groups excluding tert-OH is 1. The number of aliphatic hydroxyl groups is 1. The summed E-state index contributed by atoms with van der Waals surface area (Å²) in [5.74, 6) is -2.49. The summed E-state index contributed by atoms with van der Waals surface area (Å²) in [5, 5.41) is 24.8. The molecule has 1 unspecified atom stereocenters. The number of nitrogens with one attached hydrogen (secondary N) is 3. The van der Waals surface area contributed by atoms with Crippen LogP contribution in [0.4, 0.5) is 5.82 Å². The van der Waals surface area contributed by atoms with Gasteiger partial charge in [0.15, 0.2) is 0 Å². The highest BCUT2D eigenvalue weighted by molar-refractivity contribution is 7.99. The Labute approximate surface area is 210 Å². The molecule has 3 atom stereocenters. The van der Waals surface area contributed by atoms with Crippen molar-refractivity contribution in [3.8, 4) is 0 Å². The zero-order chi connectivity index (χ0) is 26.0. The van der Waals surface area contributed by atoms with Gasteiger partial charge in [-0.3, -0.25) is 19.6 Å². The molecule has 1 aromatic carbocycles. The van der Waals surface area contributed by atoms with Crippen LogP contribution >= 0.6 is 11.8 Å². The molecule has 10 heteroatoms. The number of hydroxylamine groups is 1. The Morgan fingerprint density at radius 1 is 1.00 bits per heavy atom. The molecule has 1 aromatic heterocycles. The van der Waals surface area contributed by atoms with Crippen LogP contribution in [0.1, 0.15) is 39.7 Å². The minimum absolute atomic E-state index is 0.0341. The number of hydrogen-bond acceptors (Lipinski definition) is 7. The average molecular weight is 503 g/mol. The van der Waals surface area contributed by atoms with Gasteiger partial charge in [0.05, 0.1) is 5.92 Å². The molecule has 2 aromatic rings. The fraction of sp³-hybridized carbons (Fsp3) is 0.440. The first-order chi connectivity index (χ1) is 16.5. The predicted molar refractivity (Wildman–Crippen MR) is 135 cm³/mol. The summed E-state index contributed by atoms with van der Waals surface area (Å²) >= 11 is 1.49. The van der Waals surface area contributed by atoms with Gasteiger partial charge in [-0.05, 0) is 43.9 Å². The second-order valence-electron chi connectivity index (χ2n) is 9.18. The van der Waals surface area contributed by atoms with E-state index in [1.807, 2.05) is 58.0 Å². The van der Waals surface area contributed by atoms with Crippen LogP contribution in [0.25, 0.3) is 0 Å². The highest BCUT2D eigenvalue weighted by Gasteiger charge is 2.40. The highest BCUT2D eigenvalue weighted by Crippen LogP contribution is 2.32. The molecule has 0 aliphatic heterocycles. The van der Waals surface area contributed by atoms with Gasteiger partial charge in [-0.1, -0.05) is 50.2 Å². The summed E-state index contributed by atoms with van der Waals surface area (Å²) in [6, 6.07) is 13.8. The SMILES string of the molecule is CC(C)C[C@@H](C(=O)NC(C(=O)Nc1ccccn1)C(C)(C)SCc1ccccc1)[C@H](O)C(=O)NO. The van der Waals surface area contributed by atoms with Crippen molar-refractivity contribution in [2.24, 2.45) is 11.8 Å². The molecule has 9 nitrogen and oxygen atoms in total. The second-order valence-corrected chi connectivity index (χ2v) is 10.8. The average Bonchev–Trinajstić information content (AvgIpc) is 2.84. The van der Waals surface area contributed by atoms with Crippen LogP contribution < -0.4 is 16.1 Å². The van der Waals surface area contributed by atoms with Gasteiger partial charge in [0.2, 0.25) is 11.8 Å². The fourth-order valence-electron chi connectivity index (χ4n) is 3.50. The molecule has 0 fully saturated rings. The zero-order valence-electron chi connectivity index (χ0n) is 20.4. The maximum atomic E-state index is 13.3. The number of amides is 3. The number of aromatic nitrogens is 1. The highest BCUT2D eigenvalue weighted by atomic mass is 32.2. The molecule has 2 rings (SSSR count). The van der Waals surface area contributed by atoms with Gasteiger partial charge in [0.1, 0.15) is 18.0 Å². The number of pyridine rings is 1. The molecular weight excluding hydrogens is 468 g/mol. The van der Waals surface area contributed by atoms with Crippen molar-refractivity contribution in [1.82, 2.24) is 15.8 Å². The third-order valence-corrected chi connectivity index (χ3v) is 6.89. The predicted octanol–water partition coefficient (Wildman–Crippen LogP) is 2.75. The minimum atomic E-state index is -1.78. The summed E-state index contributed by atoms with van der Waals surface area (Å²) in [4.78, 5) is 42.6. The van der Waals surface area contributed by atoms with Gasteiger partial charge in [0, 0.05) is 16.7 Å². The number of anilines is 1. The molecule has 0 saturated heterocycles. The first-order valence-electron chi connectivity index (χ1n) is 11.4. The smallest absolute Gasteiger partial charge is 0.272 e. The van der Waals surface area contributed by atoms with Gasteiger partial charge >= 0.3 is 0 Å². The molecule has 0 bridgehead atoms. The third-order valence-electron chi connectivity index (χ3n) is 5.44. The quantitative estimate of drug-likeness (QED) is 0.222. The van der Waals surface area contributed by atoms with E-state index >= 15 is 0 Å². The van der Waals surface area contributed by atoms with Crippen molar-refractivity contribution >= 4 is 35.3 Å². The van der Waals surface area contributed by atoms with E-state index in [1.165, 1.54) is 17.2 Å². The molecule has 5 N–H and O–H groups in total. The van der Waals surface area contributed by atoms with E-state index in [4.69, 9.17) is 5.21 Å². The number of carbonyl (C=O) groups excluding carboxylic acids is 3. The van der Waals surface area contributed by atoms with Crippen molar-refractivity contribution in [3.63, 3.8) is 0 Å². The van der Waals surface area contributed by atoms with Crippen LogP contribution in [0.2, 0.25) is 0 Å². The molecule has 190 valence electrons. The van der Waals surface area contributed by atoms with Crippen molar-refractivity contribution in [2.45, 2.75) is 56.8 Å². The number of benzene rings is 1. The summed E-state index contributed by atoms with van der Waals surface area (Å²) < 4.78 is -0.781. The lowest BCUT2D eigenvalue weighted by Crippen LogP contribution is -2.57. The molecule has 0 aliphatic rings. The van der Waals surface area contributed by atoms with Crippen molar-refractivity contribution in [2.75, 3.05) is 5.32 Å². The van der Waals surface area contributed by atoms with Crippen LogP contribution in [0.3, 0.4) is 0 Å². The molecule has 0 aliphatic carbocycles. The summed E-state index contributed by atoms with van der Waals surface area (Å²) in [6.07, 6.45) is -0.0601. The maximum Gasteiger partial charge on any atom is 0.272 e. The normalized spacial score (nSPS) is 14.0. The number of rotatable bonds is 12. The van der Waals surface area contributed by atoms with Crippen LogP contribution in [-0.2, 0) is 20.1 Å². The molecule has 0 radical (unpaired) electrons. The van der Waals surface area contributed by atoms with E-state index in [1.54, 1.807) is 24.4 Å². The van der Waals surface area contributed by atoms with Gasteiger partial charge in [0.25, 0.3) is 5.91 Å². The number of thioether (sulfide) groups is 1. The molecular formula is C25H34N4O5S. The molecule has 0 saturated carbocycles. The maximum absolute atomic E-state index is 13.3. The summed E-state index contributed by atoms with van der Waals surface area (Å²) in [6.45, 7) is 7.37. The minimum Gasteiger partial charge on any atom is -0.382 e. The van der Waals surface area contributed by atoms with Crippen LogP contribution in [0.5, 0.6) is 0 Å². The number of hydrogen-bond donors (Lipinski definition) is 5. The van der Waals surface area contributed by atoms with Gasteiger partial charge in [-0.15, -0.1) is 11.8 Å². The van der Waals surface area contributed by atoms with Crippen molar-refractivity contribution in [1.29, 1.82) is 0 Å². The summed E-state index contributed by atoms with van der Waals surface area (Å²) in [7, 11) is 0. The topological polar surface area (TPSA) is 141 Å². The zero-order valence-corrected chi connectivity index (χ0v) is 21.2. The monoisotopic (exact) mass is 502 g/mol. The van der Waals surface area contributed by atoms with E-state index in [0.29, 0.717) is 11.6 Å². The lowest BCUT2D eigenvalue weighted by molar-refractivity contribution is -0.147. The standard InChI is InChI=1S/C25H34N4O5S/c1-16(2)14-18(20(30)23(32)29-34)22(31)28-21(24(33)27-19-12-8-9-13-26-19)25(3,4)35-15-17-10-6-5-7-11-17/h5-13,16,18,20-21,30,34H,14-15H2,1-4H3,(H,28,31)(H,29,32)(H,26,27,33)/t18-,20+,21?/m1/s1. The Balaban J connectivity index is 2.30. The van der Waals surface area contributed by atoms with E-state index in [0.717, 1.165) is 5.56 Å². The summed E-state index contributed by atoms with van der Waals surface area (Å²) in [5.41, 5.74) is 2.45. The van der Waals surface area contributed by atoms with Crippen LogP contribution in [0, 0.1) is 11.8 Å². The fourth-order valence-corrected chi connectivity index (χ4v) is 4.57. The lowest BCUT2D eigenvalue weighted by Gasteiger charge is -2.35. The van der Waals surface area contributed by atoms with Crippen LogP contribution in [0.15, 0.2) is 54.7 Å². The Hall–Kier alpha value is -2.95. The van der Waals surface area contributed by atoms with E-state index < -0.39 is 40.5 Å². The third kappa shape index (κ3) is 8.65. The first-order valence-corrected chi connectivity index (χ1v) is 12.4. The van der Waals surface area contributed by atoms with Crippen molar-refractivity contribution < 1.29 is 24.7 Å². The van der Waals surface area contributed by atoms with E-state index in [9.17, 15) is 19.5 Å². The Bertz CT molecular complexity index is 972. The molecule has 3 amide bonds. The van der Waals surface area contributed by atoms with Gasteiger partial charge in [-0.2, -0.15) is 0 Å².